The molecule has 0 aromatic rings. The van der Waals surface area contributed by atoms with Crippen LogP contribution in [-0.2, 0) is 4.79 Å². The molecule has 0 bridgehead atoms. The maximum atomic E-state index is 11.8. The molecule has 92 valence electrons. The van der Waals surface area contributed by atoms with Gasteiger partial charge in [-0.25, -0.2) is 0 Å². The van der Waals surface area contributed by atoms with E-state index >= 15 is 0 Å². The molecule has 0 radical (unpaired) electrons. The number of carbonyl (C=O) groups is 1. The van der Waals surface area contributed by atoms with Crippen LogP contribution in [0, 0.1) is 0 Å². The number of piperidine rings is 1. The lowest BCUT2D eigenvalue weighted by atomic mass is 10.1. The molecule has 0 saturated carbocycles. The Morgan fingerprint density at radius 2 is 2.00 bits per heavy atom. The summed E-state index contributed by atoms with van der Waals surface area (Å²) in [5, 5.41) is 0. The minimum Gasteiger partial charge on any atom is -0.338 e. The zero-order valence-corrected chi connectivity index (χ0v) is 11.6. The lowest BCUT2D eigenvalue weighted by Crippen LogP contribution is -2.45. The van der Waals surface area contributed by atoms with Crippen LogP contribution in [0.15, 0.2) is 0 Å². The van der Waals surface area contributed by atoms with E-state index in [0.29, 0.717) is 6.04 Å². The van der Waals surface area contributed by atoms with Crippen molar-refractivity contribution in [2.45, 2.75) is 43.5 Å². The van der Waals surface area contributed by atoms with Gasteiger partial charge in [0.15, 0.2) is 0 Å². The molecule has 2 aliphatic rings. The number of alkyl halides is 1. The van der Waals surface area contributed by atoms with Gasteiger partial charge < -0.3 is 9.80 Å². The predicted molar refractivity (Wildman–Crippen MR) is 68.8 cm³/mol. The summed E-state index contributed by atoms with van der Waals surface area (Å²) in [4.78, 5) is 16.5. The molecule has 0 aromatic heterocycles. The second-order valence-corrected chi connectivity index (χ2v) is 6.10. The summed E-state index contributed by atoms with van der Waals surface area (Å²) in [6, 6.07) is 0.369. The normalized spacial score (nSPS) is 29.8. The van der Waals surface area contributed by atoms with Crippen LogP contribution in [0.25, 0.3) is 0 Å². The maximum absolute atomic E-state index is 11.8. The maximum Gasteiger partial charge on any atom is 0.236 e. The third kappa shape index (κ3) is 2.77. The van der Waals surface area contributed by atoms with Crippen molar-refractivity contribution in [3.63, 3.8) is 0 Å². The van der Waals surface area contributed by atoms with Crippen LogP contribution >= 0.6 is 15.9 Å². The highest BCUT2D eigenvalue weighted by Gasteiger charge is 2.33. The average molecular weight is 289 g/mol. The van der Waals surface area contributed by atoms with E-state index in [-0.39, 0.29) is 10.7 Å². The Balaban J connectivity index is 1.82. The smallest absolute Gasteiger partial charge is 0.236 e. The first-order chi connectivity index (χ1) is 7.68. The first kappa shape index (κ1) is 12.4. The number of hydrogen-bond donors (Lipinski definition) is 0. The van der Waals surface area contributed by atoms with E-state index in [1.807, 2.05) is 4.90 Å². The Bertz CT molecular complexity index is 253. The molecule has 0 aliphatic carbocycles. The Hall–Kier alpha value is -0.0900. The van der Waals surface area contributed by atoms with Crippen molar-refractivity contribution in [3.05, 3.63) is 0 Å². The van der Waals surface area contributed by atoms with E-state index in [2.05, 4.69) is 27.8 Å². The van der Waals surface area contributed by atoms with Crippen molar-refractivity contribution in [1.29, 1.82) is 0 Å². The van der Waals surface area contributed by atoms with Crippen LogP contribution in [0.5, 0.6) is 0 Å². The molecule has 2 fully saturated rings. The molecule has 0 N–H and O–H groups in total. The first-order valence-corrected chi connectivity index (χ1v) is 7.27. The molecule has 2 unspecified atom stereocenters. The van der Waals surface area contributed by atoms with Gasteiger partial charge in [0, 0.05) is 19.1 Å². The molecule has 3 nitrogen and oxygen atoms in total. The van der Waals surface area contributed by atoms with E-state index < -0.39 is 0 Å². The monoisotopic (exact) mass is 288 g/mol. The number of rotatable bonds is 3. The Labute approximate surface area is 106 Å². The van der Waals surface area contributed by atoms with Gasteiger partial charge in [-0.05, 0) is 39.3 Å². The highest BCUT2D eigenvalue weighted by Crippen LogP contribution is 2.21. The fraction of sp³-hybridized carbons (Fsp3) is 0.917. The van der Waals surface area contributed by atoms with E-state index in [1.54, 1.807) is 0 Å². The van der Waals surface area contributed by atoms with Gasteiger partial charge in [-0.1, -0.05) is 22.4 Å². The van der Waals surface area contributed by atoms with E-state index in [0.717, 1.165) is 19.5 Å². The minimum atomic E-state index is 0.0660. The molecule has 2 aliphatic heterocycles. The quantitative estimate of drug-likeness (QED) is 0.740. The van der Waals surface area contributed by atoms with Crippen molar-refractivity contribution < 1.29 is 4.79 Å². The first-order valence-electron chi connectivity index (χ1n) is 6.35. The second kappa shape index (κ2) is 5.50. The standard InChI is InChI=1S/C12H21BrN2O/c1-10(9-14-6-3-2-4-7-14)15-8-5-11(13)12(15)16/h10-11H,2-9H2,1H3. The molecule has 1 amide bonds. The molecule has 4 heteroatoms. The average Bonchev–Trinajstić information content (AvgIpc) is 2.61. The van der Waals surface area contributed by atoms with Crippen LogP contribution in [0.4, 0.5) is 0 Å². The molecule has 2 saturated heterocycles. The Morgan fingerprint density at radius 3 is 2.56 bits per heavy atom. The van der Waals surface area contributed by atoms with Gasteiger partial charge in [0.25, 0.3) is 0 Å². The van der Waals surface area contributed by atoms with Gasteiger partial charge in [0.1, 0.15) is 0 Å². The lowest BCUT2D eigenvalue weighted by Gasteiger charge is -2.33. The van der Waals surface area contributed by atoms with E-state index in [1.165, 1.54) is 32.4 Å². The highest BCUT2D eigenvalue weighted by molar-refractivity contribution is 9.10. The number of carbonyl (C=O) groups excluding carboxylic acids is 1. The van der Waals surface area contributed by atoms with Gasteiger partial charge >= 0.3 is 0 Å². The lowest BCUT2D eigenvalue weighted by molar-refractivity contribution is -0.129. The van der Waals surface area contributed by atoms with Crippen molar-refractivity contribution in [2.75, 3.05) is 26.2 Å². The summed E-state index contributed by atoms with van der Waals surface area (Å²) in [6.45, 7) is 6.57. The van der Waals surface area contributed by atoms with Crippen molar-refractivity contribution in [3.8, 4) is 0 Å². The molecule has 2 rings (SSSR count). The van der Waals surface area contributed by atoms with Gasteiger partial charge in [-0.2, -0.15) is 0 Å². The zero-order valence-electron chi connectivity index (χ0n) is 9.99. The summed E-state index contributed by atoms with van der Waals surface area (Å²) < 4.78 is 0. The zero-order chi connectivity index (χ0) is 11.5. The third-order valence-electron chi connectivity index (χ3n) is 3.68. The fourth-order valence-electron chi connectivity index (χ4n) is 2.72. The summed E-state index contributed by atoms with van der Waals surface area (Å²) >= 11 is 3.43. The number of halogens is 1. The van der Waals surface area contributed by atoms with Crippen LogP contribution in [0.2, 0.25) is 0 Å². The topological polar surface area (TPSA) is 23.6 Å². The molecular formula is C12H21BrN2O. The van der Waals surface area contributed by atoms with Crippen molar-refractivity contribution >= 4 is 21.8 Å². The van der Waals surface area contributed by atoms with Crippen LogP contribution < -0.4 is 0 Å². The van der Waals surface area contributed by atoms with E-state index in [4.69, 9.17) is 0 Å². The predicted octanol–water partition coefficient (Wildman–Crippen LogP) is 1.86. The minimum absolute atomic E-state index is 0.0660. The van der Waals surface area contributed by atoms with Gasteiger partial charge in [0.05, 0.1) is 4.83 Å². The molecule has 2 atom stereocenters. The molecular weight excluding hydrogens is 268 g/mol. The van der Waals surface area contributed by atoms with Gasteiger partial charge in [-0.3, -0.25) is 4.79 Å². The van der Waals surface area contributed by atoms with E-state index in [9.17, 15) is 4.79 Å². The summed E-state index contributed by atoms with van der Waals surface area (Å²) in [5.74, 6) is 0.282. The number of likely N-dealkylation sites (tertiary alicyclic amines) is 2. The molecule has 0 spiro atoms. The molecule has 2 heterocycles. The number of amides is 1. The molecule has 0 aromatic carbocycles. The second-order valence-electron chi connectivity index (χ2n) is 5.00. The summed E-state index contributed by atoms with van der Waals surface area (Å²) in [7, 11) is 0. The van der Waals surface area contributed by atoms with Crippen LogP contribution in [0.3, 0.4) is 0 Å². The van der Waals surface area contributed by atoms with Crippen LogP contribution in [-0.4, -0.2) is 52.8 Å². The Morgan fingerprint density at radius 1 is 1.31 bits per heavy atom. The van der Waals surface area contributed by atoms with Gasteiger partial charge in [-0.15, -0.1) is 0 Å². The summed E-state index contributed by atoms with van der Waals surface area (Å²) in [5.41, 5.74) is 0. The third-order valence-corrected chi connectivity index (χ3v) is 4.53. The van der Waals surface area contributed by atoms with Crippen molar-refractivity contribution in [2.24, 2.45) is 0 Å². The Kier molecular flexibility index (Phi) is 4.25. The van der Waals surface area contributed by atoms with Crippen molar-refractivity contribution in [1.82, 2.24) is 9.80 Å². The number of hydrogen-bond acceptors (Lipinski definition) is 2. The summed E-state index contributed by atoms with van der Waals surface area (Å²) in [6.07, 6.45) is 4.98. The number of nitrogens with zero attached hydrogens (tertiary/aromatic N) is 2. The van der Waals surface area contributed by atoms with Gasteiger partial charge in [0.2, 0.25) is 5.91 Å². The fourth-order valence-corrected chi connectivity index (χ4v) is 3.19. The largest absolute Gasteiger partial charge is 0.338 e. The highest BCUT2D eigenvalue weighted by atomic mass is 79.9. The molecule has 16 heavy (non-hydrogen) atoms. The van der Waals surface area contributed by atoms with Crippen LogP contribution in [0.1, 0.15) is 32.6 Å². The SMILES string of the molecule is CC(CN1CCCCC1)N1CCC(Br)C1=O.